The van der Waals surface area contributed by atoms with Gasteiger partial charge in [-0.05, 0) is 44.5 Å². The molecule has 0 unspecified atom stereocenters. The van der Waals surface area contributed by atoms with E-state index in [0.717, 1.165) is 23.4 Å². The van der Waals surface area contributed by atoms with Crippen LogP contribution in [0.1, 0.15) is 23.6 Å². The van der Waals surface area contributed by atoms with Crippen LogP contribution in [0.15, 0.2) is 12.1 Å². The normalized spacial score (nSPS) is 10.5. The Labute approximate surface area is 97.8 Å². The SMILES string of the molecule is CCOCOc1c(C)cc(CNC)cc1C. The third kappa shape index (κ3) is 3.51. The molecule has 0 heterocycles. The Morgan fingerprint density at radius 1 is 1.19 bits per heavy atom. The van der Waals surface area contributed by atoms with E-state index in [1.165, 1.54) is 5.56 Å². The van der Waals surface area contributed by atoms with Crippen molar-refractivity contribution in [3.05, 3.63) is 28.8 Å². The van der Waals surface area contributed by atoms with Crippen molar-refractivity contribution in [2.75, 3.05) is 20.4 Å². The predicted molar refractivity (Wildman–Crippen MR) is 65.8 cm³/mol. The van der Waals surface area contributed by atoms with Crippen molar-refractivity contribution in [2.45, 2.75) is 27.3 Å². The van der Waals surface area contributed by atoms with Crippen LogP contribution in [0.3, 0.4) is 0 Å². The van der Waals surface area contributed by atoms with Gasteiger partial charge in [0.25, 0.3) is 0 Å². The van der Waals surface area contributed by atoms with Crippen LogP contribution >= 0.6 is 0 Å². The second-order valence-electron chi connectivity index (χ2n) is 3.84. The second-order valence-corrected chi connectivity index (χ2v) is 3.84. The first-order valence-corrected chi connectivity index (χ1v) is 5.64. The molecule has 0 radical (unpaired) electrons. The van der Waals surface area contributed by atoms with Gasteiger partial charge in [0.05, 0.1) is 0 Å². The largest absolute Gasteiger partial charge is 0.467 e. The lowest BCUT2D eigenvalue weighted by molar-refractivity contribution is 0.0216. The molecule has 1 aromatic rings. The van der Waals surface area contributed by atoms with E-state index in [9.17, 15) is 0 Å². The van der Waals surface area contributed by atoms with Crippen LogP contribution in [0.2, 0.25) is 0 Å². The van der Waals surface area contributed by atoms with Gasteiger partial charge in [-0.3, -0.25) is 0 Å². The zero-order chi connectivity index (χ0) is 12.0. The van der Waals surface area contributed by atoms with Crippen molar-refractivity contribution >= 4 is 0 Å². The maximum atomic E-state index is 5.60. The van der Waals surface area contributed by atoms with Crippen LogP contribution < -0.4 is 10.1 Å². The summed E-state index contributed by atoms with van der Waals surface area (Å²) >= 11 is 0. The number of rotatable bonds is 6. The summed E-state index contributed by atoms with van der Waals surface area (Å²) in [5.41, 5.74) is 3.59. The van der Waals surface area contributed by atoms with Gasteiger partial charge in [-0.1, -0.05) is 12.1 Å². The molecule has 0 fully saturated rings. The molecule has 16 heavy (non-hydrogen) atoms. The maximum Gasteiger partial charge on any atom is 0.189 e. The van der Waals surface area contributed by atoms with Crippen LogP contribution in [0.4, 0.5) is 0 Å². The monoisotopic (exact) mass is 223 g/mol. The number of nitrogens with one attached hydrogen (secondary N) is 1. The fourth-order valence-electron chi connectivity index (χ4n) is 1.76. The molecule has 1 aromatic carbocycles. The summed E-state index contributed by atoms with van der Waals surface area (Å²) in [5.74, 6) is 0.938. The minimum Gasteiger partial charge on any atom is -0.467 e. The van der Waals surface area contributed by atoms with Gasteiger partial charge in [0, 0.05) is 13.2 Å². The summed E-state index contributed by atoms with van der Waals surface area (Å²) in [4.78, 5) is 0. The van der Waals surface area contributed by atoms with Gasteiger partial charge in [-0.2, -0.15) is 0 Å². The molecule has 1 rings (SSSR count). The lowest BCUT2D eigenvalue weighted by atomic mass is 10.1. The molecule has 3 nitrogen and oxygen atoms in total. The van der Waals surface area contributed by atoms with E-state index in [2.05, 4.69) is 31.3 Å². The van der Waals surface area contributed by atoms with Crippen molar-refractivity contribution in [3.63, 3.8) is 0 Å². The molecule has 0 aliphatic rings. The Morgan fingerprint density at radius 2 is 1.81 bits per heavy atom. The van der Waals surface area contributed by atoms with Gasteiger partial charge in [-0.25, -0.2) is 0 Å². The molecule has 0 saturated carbocycles. The Balaban J connectivity index is 2.77. The Hall–Kier alpha value is -1.06. The van der Waals surface area contributed by atoms with Crippen LogP contribution in [-0.2, 0) is 11.3 Å². The molecule has 0 spiro atoms. The molecule has 90 valence electrons. The van der Waals surface area contributed by atoms with E-state index >= 15 is 0 Å². The van der Waals surface area contributed by atoms with Gasteiger partial charge in [0.1, 0.15) is 5.75 Å². The van der Waals surface area contributed by atoms with Gasteiger partial charge in [0.15, 0.2) is 6.79 Å². The maximum absolute atomic E-state index is 5.60. The van der Waals surface area contributed by atoms with Crippen LogP contribution in [0.25, 0.3) is 0 Å². The summed E-state index contributed by atoms with van der Waals surface area (Å²) in [6.07, 6.45) is 0. The zero-order valence-corrected chi connectivity index (χ0v) is 10.6. The predicted octanol–water partition coefficient (Wildman–Crippen LogP) is 2.40. The smallest absolute Gasteiger partial charge is 0.189 e. The van der Waals surface area contributed by atoms with Gasteiger partial charge in [0.2, 0.25) is 0 Å². The molecule has 0 aliphatic carbocycles. The summed E-state index contributed by atoms with van der Waals surface area (Å²) in [6, 6.07) is 4.29. The summed E-state index contributed by atoms with van der Waals surface area (Å²) < 4.78 is 10.8. The molecule has 0 saturated heterocycles. The van der Waals surface area contributed by atoms with E-state index in [0.29, 0.717) is 13.4 Å². The first-order chi connectivity index (χ1) is 7.69. The summed E-state index contributed by atoms with van der Waals surface area (Å²) in [7, 11) is 1.95. The van der Waals surface area contributed by atoms with Crippen molar-refractivity contribution in [1.29, 1.82) is 0 Å². The number of ether oxygens (including phenoxy) is 2. The third-order valence-corrected chi connectivity index (χ3v) is 2.39. The first-order valence-electron chi connectivity index (χ1n) is 5.64. The molecule has 0 amide bonds. The van der Waals surface area contributed by atoms with Crippen molar-refractivity contribution < 1.29 is 9.47 Å². The number of aryl methyl sites for hydroxylation is 2. The van der Waals surface area contributed by atoms with Gasteiger partial charge in [-0.15, -0.1) is 0 Å². The Kier molecular flexibility index (Phi) is 5.29. The van der Waals surface area contributed by atoms with Gasteiger partial charge < -0.3 is 14.8 Å². The molecule has 3 heteroatoms. The van der Waals surface area contributed by atoms with E-state index in [1.54, 1.807) is 0 Å². The van der Waals surface area contributed by atoms with Crippen molar-refractivity contribution in [3.8, 4) is 5.75 Å². The quantitative estimate of drug-likeness (QED) is 0.593. The average molecular weight is 223 g/mol. The number of hydrogen-bond acceptors (Lipinski definition) is 3. The minimum atomic E-state index is 0.323. The second kappa shape index (κ2) is 6.51. The highest BCUT2D eigenvalue weighted by Gasteiger charge is 2.05. The lowest BCUT2D eigenvalue weighted by Gasteiger charge is -2.13. The van der Waals surface area contributed by atoms with Crippen LogP contribution in [0, 0.1) is 13.8 Å². The number of benzene rings is 1. The summed E-state index contributed by atoms with van der Waals surface area (Å²) in [5, 5.41) is 3.14. The minimum absolute atomic E-state index is 0.323. The summed E-state index contributed by atoms with van der Waals surface area (Å²) in [6.45, 7) is 7.97. The van der Waals surface area contributed by atoms with E-state index in [1.807, 2.05) is 14.0 Å². The first kappa shape index (κ1) is 13.0. The average Bonchev–Trinajstić information content (AvgIpc) is 2.23. The topological polar surface area (TPSA) is 30.5 Å². The highest BCUT2D eigenvalue weighted by Crippen LogP contribution is 2.24. The molecule has 0 atom stereocenters. The number of hydrogen-bond donors (Lipinski definition) is 1. The Morgan fingerprint density at radius 3 is 2.31 bits per heavy atom. The van der Waals surface area contributed by atoms with E-state index < -0.39 is 0 Å². The fraction of sp³-hybridized carbons (Fsp3) is 0.538. The lowest BCUT2D eigenvalue weighted by Crippen LogP contribution is -2.08. The molecular formula is C13H21NO2. The molecule has 1 N–H and O–H groups in total. The van der Waals surface area contributed by atoms with Crippen molar-refractivity contribution in [2.24, 2.45) is 0 Å². The van der Waals surface area contributed by atoms with E-state index in [-0.39, 0.29) is 0 Å². The standard InChI is InChI=1S/C13H21NO2/c1-5-15-9-16-13-10(2)6-12(8-14-4)7-11(13)3/h6-7,14H,5,8-9H2,1-4H3. The fourth-order valence-corrected chi connectivity index (χ4v) is 1.76. The van der Waals surface area contributed by atoms with Crippen LogP contribution in [-0.4, -0.2) is 20.4 Å². The van der Waals surface area contributed by atoms with Crippen molar-refractivity contribution in [1.82, 2.24) is 5.32 Å². The molecule has 0 aromatic heterocycles. The molecule has 0 aliphatic heterocycles. The van der Waals surface area contributed by atoms with Gasteiger partial charge >= 0.3 is 0 Å². The molecular weight excluding hydrogens is 202 g/mol. The van der Waals surface area contributed by atoms with E-state index in [4.69, 9.17) is 9.47 Å². The highest BCUT2D eigenvalue weighted by atomic mass is 16.7. The van der Waals surface area contributed by atoms with Crippen LogP contribution in [0.5, 0.6) is 5.75 Å². The zero-order valence-electron chi connectivity index (χ0n) is 10.6. The molecule has 0 bridgehead atoms. The Bertz CT molecular complexity index is 314. The third-order valence-electron chi connectivity index (χ3n) is 2.39. The highest BCUT2D eigenvalue weighted by molar-refractivity contribution is 5.43.